The molecule has 95 heavy (non-hydrogen) atoms. The molecule has 0 radical (unpaired) electrons. The molecule has 1 N–H and O–H groups in total. The number of allylic oxidation sites excluding steroid dienone is 1. The molecule has 4 aromatic rings. The number of ether oxygens (including phenoxy) is 9. The number of unbranched alkanes of at least 4 members (excludes halogenated alkanes) is 4. The molecule has 4 aromatic carbocycles. The number of rotatable bonds is 28. The minimum atomic E-state index is -1.11. The van der Waals surface area contributed by atoms with Crippen molar-refractivity contribution in [3.8, 4) is 23.0 Å². The number of aliphatic hydroxyl groups is 1. The SMILES string of the molecule is C1CCOC1.CCCCC(=O)OCC.CCOC(=O)CCC=Cc1cc(C)cc(OC)c1.CCOC(=O)CCCCc1cc(C)cc(OC)c1.CCOC(C)=O.COc1cc(C)cc(C=O)c1.COc1cc(C)cc(CCCCCO)c1.C[Si](C)(C)[N-][Si](C)(C)C.[AlH3].[Br-].[H-].[K+].[Li+]. The first-order chi connectivity index (χ1) is 43.1. The Balaban J connectivity index is -0.000000157. The summed E-state index contributed by atoms with van der Waals surface area (Å²) in [5.74, 6) is 2.88. The number of hydrogen-bond acceptors (Lipinski definition) is 15. The molecule has 1 aliphatic rings. The van der Waals surface area contributed by atoms with Gasteiger partial charge in [0.1, 0.15) is 29.3 Å². The first kappa shape index (κ1) is 105. The van der Waals surface area contributed by atoms with E-state index in [0.717, 1.165) is 117 Å². The van der Waals surface area contributed by atoms with Crippen molar-refractivity contribution in [2.24, 2.45) is 0 Å². The van der Waals surface area contributed by atoms with Crippen LogP contribution in [0.5, 0.6) is 23.0 Å². The van der Waals surface area contributed by atoms with E-state index in [1.54, 1.807) is 41.4 Å². The Morgan fingerprint density at radius 2 is 0.895 bits per heavy atom. The van der Waals surface area contributed by atoms with Crippen LogP contribution >= 0.6 is 0 Å². The second kappa shape index (κ2) is 68.1. The summed E-state index contributed by atoms with van der Waals surface area (Å²) < 4.78 is 49.3. The summed E-state index contributed by atoms with van der Waals surface area (Å²) in [5, 5.41) is 8.67. The minimum absolute atomic E-state index is 0. The van der Waals surface area contributed by atoms with Gasteiger partial charge in [-0.15, -0.1) is 0 Å². The van der Waals surface area contributed by atoms with Crippen LogP contribution in [0.1, 0.15) is 176 Å². The van der Waals surface area contributed by atoms with Gasteiger partial charge in [0, 0.05) is 51.6 Å². The van der Waals surface area contributed by atoms with Crippen LogP contribution in [-0.4, -0.2) is 144 Å². The van der Waals surface area contributed by atoms with Crippen LogP contribution in [0.15, 0.2) is 78.9 Å². The Morgan fingerprint density at radius 3 is 1.22 bits per heavy atom. The molecule has 5 rings (SSSR count). The maximum Gasteiger partial charge on any atom is 1.00 e. The van der Waals surface area contributed by atoms with Crippen LogP contribution in [0.4, 0.5) is 0 Å². The van der Waals surface area contributed by atoms with Crippen molar-refractivity contribution in [3.05, 3.63) is 128 Å². The summed E-state index contributed by atoms with van der Waals surface area (Å²) in [6.07, 6.45) is 18.6. The first-order valence-electron chi connectivity index (χ1n) is 32.4. The summed E-state index contributed by atoms with van der Waals surface area (Å²) in [7, 11) is 4.41. The monoisotopic (exact) mass is 1460 g/mol. The number of nitrogens with zero attached hydrogens (tertiary/aromatic N) is 1. The van der Waals surface area contributed by atoms with Gasteiger partial charge in [-0.3, -0.25) is 24.0 Å². The van der Waals surface area contributed by atoms with E-state index in [2.05, 4.69) is 95.1 Å². The minimum Gasteiger partial charge on any atom is -1.00 e. The molecule has 0 amide bonds. The summed E-state index contributed by atoms with van der Waals surface area (Å²) in [6.45, 7) is 36.8. The van der Waals surface area contributed by atoms with E-state index in [1.807, 2.05) is 83.2 Å². The number of benzene rings is 4. The van der Waals surface area contributed by atoms with Crippen molar-refractivity contribution in [1.82, 2.24) is 0 Å². The van der Waals surface area contributed by atoms with Gasteiger partial charge in [0.05, 0.1) is 54.9 Å². The Morgan fingerprint density at radius 1 is 0.526 bits per heavy atom. The third kappa shape index (κ3) is 69.2. The molecule has 0 spiro atoms. The quantitative estimate of drug-likeness (QED) is 0.0196. The van der Waals surface area contributed by atoms with Crippen LogP contribution < -0.4 is 106 Å². The summed E-state index contributed by atoms with van der Waals surface area (Å²) in [6, 6.07) is 24.0. The van der Waals surface area contributed by atoms with Crippen LogP contribution in [0.3, 0.4) is 0 Å². The average Bonchev–Trinajstić information content (AvgIpc) is 1.51. The Bertz CT molecular complexity index is 2590. The Hall–Kier alpha value is -3.07. The van der Waals surface area contributed by atoms with Crippen molar-refractivity contribution < 1.29 is 160 Å². The van der Waals surface area contributed by atoms with Gasteiger partial charge in [-0.1, -0.05) is 106 Å². The molecule has 1 aliphatic heterocycles. The molecule has 0 unspecified atom stereocenters. The van der Waals surface area contributed by atoms with Crippen LogP contribution in [0.25, 0.3) is 10.7 Å². The number of methoxy groups -OCH3 is 4. The predicted molar refractivity (Wildman–Crippen MR) is 390 cm³/mol. The van der Waals surface area contributed by atoms with E-state index in [-0.39, 0.29) is 130 Å². The zero-order valence-corrected chi connectivity index (χ0v) is 68.9. The fourth-order valence-corrected chi connectivity index (χ4v) is 16.6. The molecular formula is C73H124AlBrKLiNO15Si2-. The number of aliphatic hydroxyl groups excluding tert-OH is 1. The normalized spacial score (nSPS) is 10.6. The van der Waals surface area contributed by atoms with Gasteiger partial charge >= 0.3 is 94.1 Å². The average molecular weight is 1460 g/mol. The number of hydrogen-bond donors (Lipinski definition) is 1. The number of carbonyl (C=O) groups excluding carboxylic acids is 5. The van der Waals surface area contributed by atoms with Gasteiger partial charge < -0.3 is 70.8 Å². The Labute approximate surface area is 654 Å². The molecule has 1 heterocycles. The molecule has 0 bridgehead atoms. The second-order valence-corrected chi connectivity index (χ2v) is 32.9. The third-order valence-electron chi connectivity index (χ3n) is 12.0. The van der Waals surface area contributed by atoms with E-state index >= 15 is 0 Å². The van der Waals surface area contributed by atoms with Gasteiger partial charge in [0.15, 0.2) is 17.4 Å². The van der Waals surface area contributed by atoms with E-state index in [9.17, 15) is 24.0 Å². The standard InChI is InChI=1S/C15H22O3.C15H20O3.C13H20O2.C9H10O2.C7H14O2.C6H18NSi2.C4H8O2.C4H8O.Al.BrH.K.Li.4H/c2*1-4-18-15(16)8-6-5-7-13-9-12(2)10-14(11-13)17-3;1-11-8-12(6-4-3-5-7-14)10-13(9-11)15-2;1-7-3-8(6-10)5-9(4-7)11-2;1-3-5-6-7(8)9-4-2;1-8(2,3)7-9(4,5)6;1-3-6-4(2)5;1-2-4-5-3-1;;;;;;;;/h9-11H,4-8H2,1-3H3;5,7,9-11H,4,6,8H2,1-3H3;8-10,14H,3-7H2,1-2H3;3-6H,1-2H3;3-6H2,1-2H3;1-6H3;3H2,1-2H3;1-4H2;;1H;;;;;;/q;;;;;-1;;;;;2*+1;;;;-1/p-1. The molecule has 532 valence electrons. The maximum atomic E-state index is 11.2. The molecule has 22 heteroatoms. The van der Waals surface area contributed by atoms with E-state index < -0.39 is 16.5 Å². The summed E-state index contributed by atoms with van der Waals surface area (Å²) in [5.41, 5.74) is 8.95. The molecule has 1 fully saturated rings. The number of halogens is 1. The number of carbonyl (C=O) groups is 5. The number of aryl methyl sites for hydroxylation is 6. The molecular weight excluding hydrogens is 1340 g/mol. The van der Waals surface area contributed by atoms with Crippen molar-refractivity contribution in [2.45, 2.75) is 205 Å². The largest absolute Gasteiger partial charge is 1.00 e. The summed E-state index contributed by atoms with van der Waals surface area (Å²) >= 11 is 0. The molecule has 0 aromatic heterocycles. The van der Waals surface area contributed by atoms with Crippen LogP contribution in [0.2, 0.25) is 39.3 Å². The molecule has 16 nitrogen and oxygen atoms in total. The molecule has 0 atom stereocenters. The van der Waals surface area contributed by atoms with Gasteiger partial charge in [-0.2, -0.15) is 0 Å². The fraction of sp³-hybridized carbons (Fsp3) is 0.575. The molecule has 0 aliphatic carbocycles. The Kier molecular flexibility index (Phi) is 75.5. The zero-order chi connectivity index (χ0) is 69.5. The van der Waals surface area contributed by atoms with E-state index in [0.29, 0.717) is 64.3 Å². The zero-order valence-electron chi connectivity index (χ0n) is 63.2. The van der Waals surface area contributed by atoms with Crippen molar-refractivity contribution >= 4 is 70.1 Å². The van der Waals surface area contributed by atoms with Crippen molar-refractivity contribution in [2.75, 3.05) is 74.7 Å². The third-order valence-corrected chi connectivity index (χ3v) is 17.4. The smallest absolute Gasteiger partial charge is 1.00 e. The van der Waals surface area contributed by atoms with Gasteiger partial charge in [0.2, 0.25) is 0 Å². The molecule has 0 saturated carbocycles. The van der Waals surface area contributed by atoms with Crippen molar-refractivity contribution in [1.29, 1.82) is 0 Å². The number of esters is 4. The predicted octanol–water partition coefficient (Wildman–Crippen LogP) is 7.24. The first-order valence-corrected chi connectivity index (χ1v) is 39.3. The van der Waals surface area contributed by atoms with Gasteiger partial charge in [0.25, 0.3) is 0 Å². The second-order valence-electron chi connectivity index (χ2n) is 23.3. The number of aldehydes is 1. The fourth-order valence-electron chi connectivity index (χ4n) is 8.50. The van der Waals surface area contributed by atoms with E-state index in [1.165, 1.54) is 42.0 Å². The van der Waals surface area contributed by atoms with Crippen LogP contribution in [0, 0.1) is 27.7 Å². The maximum absolute atomic E-state index is 11.2. The van der Waals surface area contributed by atoms with Gasteiger partial charge in [-0.25, -0.2) is 0 Å². The van der Waals surface area contributed by atoms with Crippen molar-refractivity contribution in [3.63, 3.8) is 0 Å². The topological polar surface area (TPSA) is 203 Å². The van der Waals surface area contributed by atoms with Gasteiger partial charge in [-0.05, 0) is 213 Å². The van der Waals surface area contributed by atoms with E-state index in [4.69, 9.17) is 47.6 Å². The summed E-state index contributed by atoms with van der Waals surface area (Å²) in [4.78, 5) is 53.1. The molecule has 1 saturated heterocycles. The van der Waals surface area contributed by atoms with Crippen LogP contribution in [-0.2, 0) is 55.7 Å².